The first-order valence-electron chi connectivity index (χ1n) is 10.9. The number of hydrogen-bond donors (Lipinski definition) is 0. The van der Waals surface area contributed by atoms with Crippen LogP contribution in [0.2, 0.25) is 0 Å². The zero-order valence-electron chi connectivity index (χ0n) is 18.7. The molecule has 2 nitrogen and oxygen atoms in total. The second-order valence-electron chi connectivity index (χ2n) is 7.61. The van der Waals surface area contributed by atoms with Crippen LogP contribution in [0.1, 0.15) is 18.1 Å². The van der Waals surface area contributed by atoms with Crippen LogP contribution in [0.5, 0.6) is 11.5 Å². The minimum absolute atomic E-state index is 0.0277. The summed E-state index contributed by atoms with van der Waals surface area (Å²) >= 11 is 0. The van der Waals surface area contributed by atoms with E-state index >= 15 is 0 Å². The summed E-state index contributed by atoms with van der Waals surface area (Å²) in [7, 11) is 0. The quantitative estimate of drug-likeness (QED) is 0.265. The van der Waals surface area contributed by atoms with Crippen LogP contribution in [0.3, 0.4) is 0 Å². The lowest BCUT2D eigenvalue weighted by atomic mass is 9.98. The predicted octanol–water partition coefficient (Wildman–Crippen LogP) is 8.06. The van der Waals surface area contributed by atoms with Crippen molar-refractivity contribution in [3.8, 4) is 33.8 Å². The first-order chi connectivity index (χ1) is 16.5. The average Bonchev–Trinajstić information content (AvgIpc) is 2.86. The van der Waals surface area contributed by atoms with Gasteiger partial charge in [-0.1, -0.05) is 61.2 Å². The molecule has 0 amide bonds. The van der Waals surface area contributed by atoms with E-state index < -0.39 is 17.5 Å². The topological polar surface area (TPSA) is 18.5 Å². The van der Waals surface area contributed by atoms with Crippen molar-refractivity contribution in [2.75, 3.05) is 6.61 Å². The molecule has 4 aromatic carbocycles. The fourth-order valence-electron chi connectivity index (χ4n) is 3.59. The second-order valence-corrected chi connectivity index (χ2v) is 7.61. The Hall–Kier alpha value is -3.99. The van der Waals surface area contributed by atoms with Gasteiger partial charge in [-0.25, -0.2) is 13.2 Å². The van der Waals surface area contributed by atoms with Crippen LogP contribution in [-0.4, -0.2) is 6.61 Å². The molecule has 34 heavy (non-hydrogen) atoms. The molecule has 0 unspecified atom stereocenters. The van der Waals surface area contributed by atoms with E-state index in [1.807, 2.05) is 6.92 Å². The Labute approximate surface area is 196 Å². The largest absolute Gasteiger partial charge is 0.494 e. The number of ether oxygens (including phenoxy) is 2. The van der Waals surface area contributed by atoms with Crippen LogP contribution >= 0.6 is 0 Å². The molecule has 0 aliphatic carbocycles. The molecule has 4 aromatic rings. The van der Waals surface area contributed by atoms with Crippen molar-refractivity contribution in [3.63, 3.8) is 0 Å². The van der Waals surface area contributed by atoms with Crippen LogP contribution in [-0.2, 0) is 6.61 Å². The summed E-state index contributed by atoms with van der Waals surface area (Å²) in [5.41, 5.74) is 2.71. The molecular weight excluding hydrogens is 437 g/mol. The second kappa shape index (κ2) is 10.3. The van der Waals surface area contributed by atoms with Crippen LogP contribution in [0.25, 0.3) is 28.3 Å². The number of benzene rings is 4. The average molecular weight is 460 g/mol. The third-order valence-electron chi connectivity index (χ3n) is 5.43. The lowest BCUT2D eigenvalue weighted by Gasteiger charge is -2.11. The van der Waals surface area contributed by atoms with Crippen molar-refractivity contribution >= 4 is 6.08 Å². The normalized spacial score (nSPS) is 10.7. The third-order valence-corrected chi connectivity index (χ3v) is 5.43. The maximum Gasteiger partial charge on any atom is 0.167 e. The number of hydrogen-bond acceptors (Lipinski definition) is 2. The minimum Gasteiger partial charge on any atom is -0.494 e. The summed E-state index contributed by atoms with van der Waals surface area (Å²) in [4.78, 5) is 0. The first kappa shape index (κ1) is 23.2. The fourth-order valence-corrected chi connectivity index (χ4v) is 3.59. The van der Waals surface area contributed by atoms with Crippen LogP contribution in [0.15, 0.2) is 85.4 Å². The third kappa shape index (κ3) is 4.99. The molecule has 0 N–H and O–H groups in total. The molecule has 0 bridgehead atoms. The smallest absolute Gasteiger partial charge is 0.167 e. The van der Waals surface area contributed by atoms with Gasteiger partial charge in [-0.2, -0.15) is 0 Å². The zero-order chi connectivity index (χ0) is 24.1. The summed E-state index contributed by atoms with van der Waals surface area (Å²) in [5, 5.41) is 0. The molecule has 0 aliphatic rings. The van der Waals surface area contributed by atoms with E-state index in [4.69, 9.17) is 9.47 Å². The predicted molar refractivity (Wildman–Crippen MR) is 129 cm³/mol. The van der Waals surface area contributed by atoms with E-state index in [-0.39, 0.29) is 17.7 Å². The van der Waals surface area contributed by atoms with E-state index in [0.717, 1.165) is 5.56 Å². The summed E-state index contributed by atoms with van der Waals surface area (Å²) in [5.74, 6) is -1.30. The maximum atomic E-state index is 14.9. The van der Waals surface area contributed by atoms with Gasteiger partial charge in [-0.3, -0.25) is 0 Å². The van der Waals surface area contributed by atoms with Crippen molar-refractivity contribution in [2.24, 2.45) is 0 Å². The van der Waals surface area contributed by atoms with Gasteiger partial charge in [0.25, 0.3) is 0 Å². The molecule has 0 radical (unpaired) electrons. The van der Waals surface area contributed by atoms with Gasteiger partial charge in [-0.15, -0.1) is 0 Å². The highest BCUT2D eigenvalue weighted by atomic mass is 19.2. The van der Waals surface area contributed by atoms with Gasteiger partial charge in [0.05, 0.1) is 6.61 Å². The molecule has 0 atom stereocenters. The lowest BCUT2D eigenvalue weighted by Crippen LogP contribution is -2.00. The molecule has 5 heteroatoms. The van der Waals surface area contributed by atoms with Gasteiger partial charge in [0.15, 0.2) is 11.6 Å². The fraction of sp³-hybridized carbons (Fsp3) is 0.103. The molecule has 0 heterocycles. The summed E-state index contributed by atoms with van der Waals surface area (Å²) < 4.78 is 54.9. The highest BCUT2D eigenvalue weighted by molar-refractivity contribution is 5.72. The van der Waals surface area contributed by atoms with E-state index in [2.05, 4.69) is 6.58 Å². The van der Waals surface area contributed by atoms with Crippen molar-refractivity contribution < 1.29 is 22.6 Å². The van der Waals surface area contributed by atoms with Crippen LogP contribution in [0.4, 0.5) is 13.2 Å². The van der Waals surface area contributed by atoms with Crippen LogP contribution in [0, 0.1) is 17.5 Å². The SMILES string of the molecule is C=Cc1ccc(-c2ccc(-c3ccc(OCc4ccc(OCC)cc4F)cc3)c(F)c2F)cc1. The van der Waals surface area contributed by atoms with Gasteiger partial charge in [0, 0.05) is 22.8 Å². The molecule has 172 valence electrons. The molecule has 0 saturated carbocycles. The van der Waals surface area contributed by atoms with Gasteiger partial charge in [-0.05, 0) is 47.9 Å². The minimum atomic E-state index is -0.921. The molecule has 0 saturated heterocycles. The molecule has 0 aliphatic heterocycles. The van der Waals surface area contributed by atoms with E-state index in [9.17, 15) is 13.2 Å². The lowest BCUT2D eigenvalue weighted by molar-refractivity contribution is 0.298. The highest BCUT2D eigenvalue weighted by Crippen LogP contribution is 2.32. The van der Waals surface area contributed by atoms with Gasteiger partial charge < -0.3 is 9.47 Å². The number of halogens is 3. The molecular formula is C29H23F3O2. The van der Waals surface area contributed by atoms with Crippen molar-refractivity contribution in [1.29, 1.82) is 0 Å². The summed E-state index contributed by atoms with van der Waals surface area (Å²) in [6.07, 6.45) is 1.69. The van der Waals surface area contributed by atoms with E-state index in [0.29, 0.717) is 34.8 Å². The standard InChI is InChI=1S/C29H23F3O2/c1-3-19-5-7-20(8-6-19)25-15-16-26(29(32)28(25)31)21-9-12-23(13-10-21)34-18-22-11-14-24(33-4-2)17-27(22)30/h3,5-17H,1,4,18H2,2H3. The Morgan fingerprint density at radius 2 is 1.26 bits per heavy atom. The zero-order valence-corrected chi connectivity index (χ0v) is 18.7. The Kier molecular flexibility index (Phi) is 7.02. The summed E-state index contributed by atoms with van der Waals surface area (Å²) in [6.45, 7) is 6.00. The monoisotopic (exact) mass is 460 g/mol. The first-order valence-corrected chi connectivity index (χ1v) is 10.9. The van der Waals surface area contributed by atoms with Gasteiger partial charge in [0.1, 0.15) is 23.9 Å². The van der Waals surface area contributed by atoms with Crippen LogP contribution < -0.4 is 9.47 Å². The van der Waals surface area contributed by atoms with Crippen molar-refractivity contribution in [2.45, 2.75) is 13.5 Å². The van der Waals surface area contributed by atoms with E-state index in [1.54, 1.807) is 78.9 Å². The Morgan fingerprint density at radius 1 is 0.706 bits per heavy atom. The van der Waals surface area contributed by atoms with E-state index in [1.165, 1.54) is 6.07 Å². The van der Waals surface area contributed by atoms with Crippen molar-refractivity contribution in [1.82, 2.24) is 0 Å². The molecule has 4 rings (SSSR count). The molecule has 0 fully saturated rings. The van der Waals surface area contributed by atoms with Gasteiger partial charge in [0.2, 0.25) is 0 Å². The highest BCUT2D eigenvalue weighted by Gasteiger charge is 2.16. The van der Waals surface area contributed by atoms with Crippen molar-refractivity contribution in [3.05, 3.63) is 114 Å². The Bertz CT molecular complexity index is 1300. The Balaban J connectivity index is 1.49. The Morgan fingerprint density at radius 3 is 1.79 bits per heavy atom. The van der Waals surface area contributed by atoms with Gasteiger partial charge >= 0.3 is 0 Å². The molecule has 0 spiro atoms. The molecule has 0 aromatic heterocycles. The number of rotatable bonds is 8. The maximum absolute atomic E-state index is 14.9. The summed E-state index contributed by atoms with van der Waals surface area (Å²) in [6, 6.07) is 21.3.